The molecule has 2 nitrogen and oxygen atoms in total. The normalized spacial score (nSPS) is 19.1. The molecular formula is C17H26BrNO. The van der Waals surface area contributed by atoms with Crippen LogP contribution in [-0.4, -0.2) is 13.2 Å². The van der Waals surface area contributed by atoms with E-state index in [-0.39, 0.29) is 0 Å². The van der Waals surface area contributed by atoms with Gasteiger partial charge in [0, 0.05) is 4.47 Å². The highest BCUT2D eigenvalue weighted by atomic mass is 79.9. The molecule has 0 radical (unpaired) electrons. The molecular weight excluding hydrogens is 314 g/mol. The zero-order valence-electron chi connectivity index (χ0n) is 12.2. The molecule has 112 valence electrons. The number of ether oxygens (including phenoxy) is 1. The fourth-order valence-corrected chi connectivity index (χ4v) is 3.39. The Kier molecular flexibility index (Phi) is 6.37. The first kappa shape index (κ1) is 15.8. The number of halogens is 1. The molecule has 0 aromatic heterocycles. The average Bonchev–Trinajstić information content (AvgIpc) is 2.44. The summed E-state index contributed by atoms with van der Waals surface area (Å²) in [5.74, 6) is 0.950. The van der Waals surface area contributed by atoms with E-state index in [1.807, 2.05) is 24.3 Å². The van der Waals surface area contributed by atoms with Crippen LogP contribution in [-0.2, 0) is 0 Å². The van der Waals surface area contributed by atoms with Gasteiger partial charge in [0.25, 0.3) is 0 Å². The Balaban J connectivity index is 1.84. The molecule has 1 fully saturated rings. The monoisotopic (exact) mass is 339 g/mol. The van der Waals surface area contributed by atoms with Gasteiger partial charge in [0.05, 0.1) is 6.61 Å². The van der Waals surface area contributed by atoms with Crippen LogP contribution in [0.15, 0.2) is 28.7 Å². The van der Waals surface area contributed by atoms with E-state index < -0.39 is 0 Å². The first-order chi connectivity index (χ1) is 9.74. The van der Waals surface area contributed by atoms with Gasteiger partial charge in [-0.05, 0) is 55.5 Å². The Morgan fingerprint density at radius 3 is 2.20 bits per heavy atom. The van der Waals surface area contributed by atoms with Crippen LogP contribution >= 0.6 is 15.9 Å². The van der Waals surface area contributed by atoms with Gasteiger partial charge in [0.15, 0.2) is 0 Å². The van der Waals surface area contributed by atoms with E-state index in [1.165, 1.54) is 44.9 Å². The minimum absolute atomic E-state index is 0.315. The predicted molar refractivity (Wildman–Crippen MR) is 88.1 cm³/mol. The zero-order chi connectivity index (χ0) is 14.3. The number of hydrogen-bond donors (Lipinski definition) is 1. The third kappa shape index (κ3) is 4.78. The first-order valence-electron chi connectivity index (χ1n) is 7.83. The number of nitrogens with two attached hydrogens (primary N) is 1. The Morgan fingerprint density at radius 2 is 1.60 bits per heavy atom. The van der Waals surface area contributed by atoms with Crippen molar-refractivity contribution < 1.29 is 4.74 Å². The molecule has 0 atom stereocenters. The summed E-state index contributed by atoms with van der Waals surface area (Å²) in [6.07, 6.45) is 10.4. The molecule has 2 N–H and O–H groups in total. The molecule has 20 heavy (non-hydrogen) atoms. The Bertz CT molecular complexity index is 382. The van der Waals surface area contributed by atoms with Crippen molar-refractivity contribution in [2.45, 2.75) is 51.4 Å². The van der Waals surface area contributed by atoms with Gasteiger partial charge in [0.1, 0.15) is 5.75 Å². The minimum Gasteiger partial charge on any atom is -0.494 e. The lowest BCUT2D eigenvalue weighted by molar-refractivity contribution is 0.158. The Morgan fingerprint density at radius 1 is 1.00 bits per heavy atom. The average molecular weight is 340 g/mol. The maximum Gasteiger partial charge on any atom is 0.119 e. The van der Waals surface area contributed by atoms with Crippen molar-refractivity contribution >= 4 is 15.9 Å². The SMILES string of the molecule is NCC1(CCOc2ccc(Br)cc2)CCCCCCC1. The number of rotatable bonds is 5. The number of benzene rings is 1. The second kappa shape index (κ2) is 8.04. The maximum absolute atomic E-state index is 6.10. The highest BCUT2D eigenvalue weighted by molar-refractivity contribution is 9.10. The molecule has 1 aliphatic rings. The molecule has 2 rings (SSSR count). The highest BCUT2D eigenvalue weighted by Crippen LogP contribution is 2.36. The smallest absolute Gasteiger partial charge is 0.119 e. The van der Waals surface area contributed by atoms with E-state index in [1.54, 1.807) is 0 Å². The van der Waals surface area contributed by atoms with Crippen LogP contribution in [0.25, 0.3) is 0 Å². The molecule has 1 aromatic rings. The minimum atomic E-state index is 0.315. The fourth-order valence-electron chi connectivity index (χ4n) is 3.13. The molecule has 3 heteroatoms. The van der Waals surface area contributed by atoms with Crippen molar-refractivity contribution in [3.05, 3.63) is 28.7 Å². The molecule has 0 heterocycles. The lowest BCUT2D eigenvalue weighted by Crippen LogP contribution is -2.33. The second-order valence-corrected chi connectivity index (χ2v) is 6.94. The van der Waals surface area contributed by atoms with Gasteiger partial charge in [-0.1, -0.05) is 48.0 Å². The summed E-state index contributed by atoms with van der Waals surface area (Å²) in [5, 5.41) is 0. The topological polar surface area (TPSA) is 35.2 Å². The van der Waals surface area contributed by atoms with Crippen molar-refractivity contribution in [1.82, 2.24) is 0 Å². The van der Waals surface area contributed by atoms with E-state index in [2.05, 4.69) is 15.9 Å². The van der Waals surface area contributed by atoms with Gasteiger partial charge in [-0.2, -0.15) is 0 Å². The zero-order valence-corrected chi connectivity index (χ0v) is 13.8. The third-order valence-electron chi connectivity index (χ3n) is 4.56. The fraction of sp³-hybridized carbons (Fsp3) is 0.647. The van der Waals surface area contributed by atoms with Gasteiger partial charge in [0.2, 0.25) is 0 Å². The molecule has 0 unspecified atom stereocenters. The van der Waals surface area contributed by atoms with Crippen molar-refractivity contribution in [2.75, 3.05) is 13.2 Å². The van der Waals surface area contributed by atoms with Gasteiger partial charge < -0.3 is 10.5 Å². The Hall–Kier alpha value is -0.540. The van der Waals surface area contributed by atoms with Crippen molar-refractivity contribution in [2.24, 2.45) is 11.1 Å². The molecule has 1 aromatic carbocycles. The van der Waals surface area contributed by atoms with Gasteiger partial charge in [-0.25, -0.2) is 0 Å². The molecule has 0 spiro atoms. The lowest BCUT2D eigenvalue weighted by atomic mass is 9.74. The largest absolute Gasteiger partial charge is 0.494 e. The van der Waals surface area contributed by atoms with Crippen LogP contribution in [0.2, 0.25) is 0 Å². The molecule has 0 amide bonds. The third-order valence-corrected chi connectivity index (χ3v) is 5.09. The van der Waals surface area contributed by atoms with Gasteiger partial charge in [-0.15, -0.1) is 0 Å². The summed E-state index contributed by atoms with van der Waals surface area (Å²) >= 11 is 3.44. The molecule has 0 saturated heterocycles. The van der Waals surface area contributed by atoms with E-state index in [4.69, 9.17) is 10.5 Å². The first-order valence-corrected chi connectivity index (χ1v) is 8.62. The summed E-state index contributed by atoms with van der Waals surface area (Å²) in [5.41, 5.74) is 6.41. The van der Waals surface area contributed by atoms with Crippen LogP contribution in [0.4, 0.5) is 0 Å². The van der Waals surface area contributed by atoms with Gasteiger partial charge >= 0.3 is 0 Å². The summed E-state index contributed by atoms with van der Waals surface area (Å²) < 4.78 is 6.97. The van der Waals surface area contributed by atoms with Gasteiger partial charge in [-0.3, -0.25) is 0 Å². The van der Waals surface area contributed by atoms with Crippen LogP contribution in [0.3, 0.4) is 0 Å². The van der Waals surface area contributed by atoms with E-state index in [9.17, 15) is 0 Å². The molecule has 0 aliphatic heterocycles. The molecule has 0 bridgehead atoms. The van der Waals surface area contributed by atoms with Crippen LogP contribution < -0.4 is 10.5 Å². The summed E-state index contributed by atoms with van der Waals surface area (Å²) in [7, 11) is 0. The van der Waals surface area contributed by atoms with E-state index in [0.717, 1.165) is 29.8 Å². The van der Waals surface area contributed by atoms with Crippen molar-refractivity contribution in [3.63, 3.8) is 0 Å². The Labute approximate surface area is 131 Å². The van der Waals surface area contributed by atoms with Crippen LogP contribution in [0.5, 0.6) is 5.75 Å². The molecule has 1 saturated carbocycles. The van der Waals surface area contributed by atoms with Crippen molar-refractivity contribution in [3.8, 4) is 5.75 Å². The van der Waals surface area contributed by atoms with Crippen LogP contribution in [0.1, 0.15) is 51.4 Å². The second-order valence-electron chi connectivity index (χ2n) is 6.02. The van der Waals surface area contributed by atoms with Crippen LogP contribution in [0, 0.1) is 5.41 Å². The number of hydrogen-bond acceptors (Lipinski definition) is 2. The summed E-state index contributed by atoms with van der Waals surface area (Å²) in [4.78, 5) is 0. The van der Waals surface area contributed by atoms with E-state index >= 15 is 0 Å². The predicted octanol–water partition coefficient (Wildman–Crippen LogP) is 4.91. The van der Waals surface area contributed by atoms with Crippen molar-refractivity contribution in [1.29, 1.82) is 0 Å². The maximum atomic E-state index is 6.10. The van der Waals surface area contributed by atoms with E-state index in [0.29, 0.717) is 5.41 Å². The molecule has 1 aliphatic carbocycles. The summed E-state index contributed by atoms with van der Waals surface area (Å²) in [6, 6.07) is 8.06. The summed E-state index contributed by atoms with van der Waals surface area (Å²) in [6.45, 7) is 1.58. The quantitative estimate of drug-likeness (QED) is 0.827. The highest BCUT2D eigenvalue weighted by Gasteiger charge is 2.28. The standard InChI is InChI=1S/C17H26BrNO/c18-15-6-8-16(9-7-15)20-13-12-17(14-19)10-4-2-1-3-5-11-17/h6-9H,1-5,10-14,19H2. The lowest BCUT2D eigenvalue weighted by Gasteiger charge is -2.34.